The topological polar surface area (TPSA) is 55.6 Å². The van der Waals surface area contributed by atoms with Crippen molar-refractivity contribution in [3.05, 3.63) is 28.8 Å². The van der Waals surface area contributed by atoms with E-state index in [1.807, 2.05) is 24.0 Å². The molecule has 1 atom stereocenters. The Labute approximate surface area is 143 Å². The second-order valence-electron chi connectivity index (χ2n) is 6.35. The van der Waals surface area contributed by atoms with E-state index >= 15 is 0 Å². The van der Waals surface area contributed by atoms with Crippen LogP contribution in [0, 0.1) is 12.3 Å². The molecule has 2 rings (SSSR count). The highest BCUT2D eigenvalue weighted by atomic mass is 35.5. The maximum absolute atomic E-state index is 12.3. The summed E-state index contributed by atoms with van der Waals surface area (Å²) >= 11 is 6.04. The molecule has 1 unspecified atom stereocenters. The number of nitrogens with zero attached hydrogens (tertiary/aromatic N) is 1. The van der Waals surface area contributed by atoms with Crippen LogP contribution < -0.4 is 10.5 Å². The van der Waals surface area contributed by atoms with Crippen LogP contribution in [0.15, 0.2) is 18.2 Å². The van der Waals surface area contributed by atoms with Crippen molar-refractivity contribution in [1.29, 1.82) is 0 Å². The third-order valence-corrected chi connectivity index (χ3v) is 4.64. The summed E-state index contributed by atoms with van der Waals surface area (Å²) in [5.74, 6) is 0.651. The lowest BCUT2D eigenvalue weighted by atomic mass is 9.80. The average Bonchev–Trinajstić information content (AvgIpc) is 2.43. The number of nitrogens with two attached hydrogens (primary N) is 1. The Morgan fingerprint density at radius 2 is 2.18 bits per heavy atom. The third-order valence-electron chi connectivity index (χ3n) is 4.23. The Hall–Kier alpha value is -0.970. The molecule has 124 valence electrons. The molecule has 2 N–H and O–H groups in total. The largest absolute Gasteiger partial charge is 0.483 e. The number of rotatable bonds is 3. The van der Waals surface area contributed by atoms with Crippen LogP contribution in [0.25, 0.3) is 0 Å². The highest BCUT2D eigenvalue weighted by Crippen LogP contribution is 2.28. The summed E-state index contributed by atoms with van der Waals surface area (Å²) in [6.45, 7) is 7.47. The zero-order valence-electron chi connectivity index (χ0n) is 13.3. The Kier molecular flexibility index (Phi) is 6.53. The zero-order valence-corrected chi connectivity index (χ0v) is 14.8. The summed E-state index contributed by atoms with van der Waals surface area (Å²) in [6, 6.07) is 5.58. The summed E-state index contributed by atoms with van der Waals surface area (Å²) in [5, 5.41) is 0.644. The Bertz CT molecular complexity index is 535. The van der Waals surface area contributed by atoms with Crippen LogP contribution in [-0.4, -0.2) is 36.5 Å². The molecule has 1 heterocycles. The minimum absolute atomic E-state index is 0. The first-order chi connectivity index (χ1) is 9.81. The predicted molar refractivity (Wildman–Crippen MR) is 91.9 cm³/mol. The van der Waals surface area contributed by atoms with Gasteiger partial charge in [0.2, 0.25) is 0 Å². The second kappa shape index (κ2) is 7.53. The van der Waals surface area contributed by atoms with E-state index in [-0.39, 0.29) is 36.4 Å². The van der Waals surface area contributed by atoms with E-state index in [4.69, 9.17) is 22.1 Å². The third kappa shape index (κ3) is 4.28. The Morgan fingerprint density at radius 3 is 2.82 bits per heavy atom. The van der Waals surface area contributed by atoms with Gasteiger partial charge in [-0.05, 0) is 30.9 Å². The number of amides is 1. The van der Waals surface area contributed by atoms with Gasteiger partial charge < -0.3 is 15.4 Å². The minimum Gasteiger partial charge on any atom is -0.483 e. The van der Waals surface area contributed by atoms with Gasteiger partial charge in [-0.1, -0.05) is 31.5 Å². The molecule has 1 aromatic rings. The van der Waals surface area contributed by atoms with Gasteiger partial charge in [-0.3, -0.25) is 4.79 Å². The number of carbonyl (C=O) groups is 1. The van der Waals surface area contributed by atoms with Gasteiger partial charge >= 0.3 is 0 Å². The van der Waals surface area contributed by atoms with Gasteiger partial charge in [0.05, 0.1) is 0 Å². The van der Waals surface area contributed by atoms with Crippen molar-refractivity contribution in [3.63, 3.8) is 0 Å². The van der Waals surface area contributed by atoms with Crippen LogP contribution >= 0.6 is 24.0 Å². The number of hydrogen-bond donors (Lipinski definition) is 1. The molecule has 0 saturated carbocycles. The molecular formula is C16H24Cl2N2O2. The molecule has 6 heteroatoms. The average molecular weight is 347 g/mol. The summed E-state index contributed by atoms with van der Waals surface area (Å²) in [7, 11) is 0. The standard InChI is InChI=1S/C16H23ClN2O2.ClH/c1-11-12(17)5-4-6-13(11)21-9-15(20)19-8-7-14(18)16(2,3)10-19;/h4-6,14H,7-10,18H2,1-3H3;1H. The summed E-state index contributed by atoms with van der Waals surface area (Å²) in [4.78, 5) is 14.1. The highest BCUT2D eigenvalue weighted by molar-refractivity contribution is 6.31. The van der Waals surface area contributed by atoms with Crippen LogP contribution in [0.4, 0.5) is 0 Å². The summed E-state index contributed by atoms with van der Waals surface area (Å²) in [5.41, 5.74) is 6.89. The predicted octanol–water partition coefficient (Wildman–Crippen LogP) is 3.03. The second-order valence-corrected chi connectivity index (χ2v) is 6.76. The maximum atomic E-state index is 12.3. The van der Waals surface area contributed by atoms with E-state index < -0.39 is 0 Å². The number of benzene rings is 1. The van der Waals surface area contributed by atoms with Crippen LogP contribution in [0.3, 0.4) is 0 Å². The van der Waals surface area contributed by atoms with Crippen molar-refractivity contribution in [2.75, 3.05) is 19.7 Å². The normalized spacial score (nSPS) is 20.2. The number of carbonyl (C=O) groups excluding carboxylic acids is 1. The molecular weight excluding hydrogens is 323 g/mol. The molecule has 1 fully saturated rings. The van der Waals surface area contributed by atoms with Crippen molar-refractivity contribution < 1.29 is 9.53 Å². The van der Waals surface area contributed by atoms with Gasteiger partial charge in [0.15, 0.2) is 6.61 Å². The molecule has 1 aromatic carbocycles. The van der Waals surface area contributed by atoms with Crippen molar-refractivity contribution in [1.82, 2.24) is 4.90 Å². The number of likely N-dealkylation sites (tertiary alicyclic amines) is 1. The fraction of sp³-hybridized carbons (Fsp3) is 0.562. The molecule has 1 amide bonds. The van der Waals surface area contributed by atoms with Gasteiger partial charge in [-0.25, -0.2) is 0 Å². The lowest BCUT2D eigenvalue weighted by Crippen LogP contribution is -2.54. The van der Waals surface area contributed by atoms with Crippen molar-refractivity contribution in [3.8, 4) is 5.75 Å². The molecule has 1 aliphatic rings. The molecule has 4 nitrogen and oxygen atoms in total. The zero-order chi connectivity index (χ0) is 15.6. The molecule has 0 aliphatic carbocycles. The molecule has 0 spiro atoms. The monoisotopic (exact) mass is 346 g/mol. The van der Waals surface area contributed by atoms with Gasteiger partial charge in [0, 0.05) is 29.7 Å². The molecule has 0 aromatic heterocycles. The van der Waals surface area contributed by atoms with Gasteiger partial charge in [0.1, 0.15) is 5.75 Å². The minimum atomic E-state index is -0.0557. The van der Waals surface area contributed by atoms with E-state index in [9.17, 15) is 4.79 Å². The van der Waals surface area contributed by atoms with Gasteiger partial charge in [0.25, 0.3) is 5.91 Å². The van der Waals surface area contributed by atoms with E-state index in [1.54, 1.807) is 6.07 Å². The van der Waals surface area contributed by atoms with Gasteiger partial charge in [-0.15, -0.1) is 12.4 Å². The van der Waals surface area contributed by atoms with Crippen molar-refractivity contribution in [2.45, 2.75) is 33.2 Å². The number of piperidine rings is 1. The van der Waals surface area contributed by atoms with Crippen LogP contribution in [0.1, 0.15) is 25.8 Å². The fourth-order valence-electron chi connectivity index (χ4n) is 2.56. The van der Waals surface area contributed by atoms with Crippen molar-refractivity contribution >= 4 is 29.9 Å². The summed E-state index contributed by atoms with van der Waals surface area (Å²) < 4.78 is 5.62. The smallest absolute Gasteiger partial charge is 0.260 e. The quantitative estimate of drug-likeness (QED) is 0.914. The maximum Gasteiger partial charge on any atom is 0.260 e. The van der Waals surface area contributed by atoms with E-state index in [0.29, 0.717) is 23.9 Å². The van der Waals surface area contributed by atoms with Crippen LogP contribution in [0.2, 0.25) is 5.02 Å². The molecule has 22 heavy (non-hydrogen) atoms. The van der Waals surface area contributed by atoms with Crippen LogP contribution in [-0.2, 0) is 4.79 Å². The Morgan fingerprint density at radius 1 is 1.50 bits per heavy atom. The lowest BCUT2D eigenvalue weighted by Gasteiger charge is -2.42. The lowest BCUT2D eigenvalue weighted by molar-refractivity contribution is -0.136. The van der Waals surface area contributed by atoms with E-state index in [2.05, 4.69) is 13.8 Å². The van der Waals surface area contributed by atoms with E-state index in [0.717, 1.165) is 12.0 Å². The molecule has 0 radical (unpaired) electrons. The fourth-order valence-corrected chi connectivity index (χ4v) is 2.73. The molecule has 0 bridgehead atoms. The summed E-state index contributed by atoms with van der Waals surface area (Å²) in [6.07, 6.45) is 0.828. The van der Waals surface area contributed by atoms with Crippen molar-refractivity contribution in [2.24, 2.45) is 11.1 Å². The highest BCUT2D eigenvalue weighted by Gasteiger charge is 2.35. The first kappa shape index (κ1) is 19.1. The Balaban J connectivity index is 0.00000242. The number of hydrogen-bond acceptors (Lipinski definition) is 3. The first-order valence-electron chi connectivity index (χ1n) is 7.22. The number of halogens is 2. The molecule has 1 saturated heterocycles. The SMILES string of the molecule is Cc1c(Cl)cccc1OCC(=O)N1CCC(N)C(C)(C)C1.Cl. The molecule has 1 aliphatic heterocycles. The van der Waals surface area contributed by atoms with Gasteiger partial charge in [-0.2, -0.15) is 0 Å². The van der Waals surface area contributed by atoms with Crippen LogP contribution in [0.5, 0.6) is 5.75 Å². The van der Waals surface area contributed by atoms with E-state index in [1.165, 1.54) is 0 Å². The first-order valence-corrected chi connectivity index (χ1v) is 7.60. The number of ether oxygens (including phenoxy) is 1.